The van der Waals surface area contributed by atoms with Crippen LogP contribution in [0.3, 0.4) is 0 Å². The maximum Gasteiger partial charge on any atom is 0.137 e. The first-order valence-corrected chi connectivity index (χ1v) is 7.07. The van der Waals surface area contributed by atoms with Crippen LogP contribution >= 0.6 is 34.5 Å². The largest absolute Gasteiger partial charge is 0.220 e. The molecule has 0 aliphatic carbocycles. The summed E-state index contributed by atoms with van der Waals surface area (Å²) in [5.41, 5.74) is 0.853. The number of halogens is 2. The molecule has 0 radical (unpaired) electrons. The molecule has 0 aromatic carbocycles. The van der Waals surface area contributed by atoms with E-state index in [1.54, 1.807) is 11.3 Å². The van der Waals surface area contributed by atoms with E-state index in [4.69, 9.17) is 23.2 Å². The van der Waals surface area contributed by atoms with E-state index in [9.17, 15) is 0 Å². The molecular weight excluding hydrogens is 275 g/mol. The van der Waals surface area contributed by atoms with Gasteiger partial charge in [-0.2, -0.15) is 0 Å². The first-order valence-electron chi connectivity index (χ1n) is 5.44. The van der Waals surface area contributed by atoms with Crippen molar-refractivity contribution in [2.75, 3.05) is 0 Å². The van der Waals surface area contributed by atoms with Gasteiger partial charge >= 0.3 is 0 Å². The van der Waals surface area contributed by atoms with Crippen LogP contribution in [-0.2, 0) is 12.8 Å². The second-order valence-corrected chi connectivity index (χ2v) is 5.45. The van der Waals surface area contributed by atoms with Gasteiger partial charge < -0.3 is 0 Å². The van der Waals surface area contributed by atoms with Crippen molar-refractivity contribution in [3.05, 3.63) is 44.1 Å². The number of aromatic nitrogens is 2. The predicted octanol–water partition coefficient (Wildman–Crippen LogP) is 4.39. The van der Waals surface area contributed by atoms with E-state index < -0.39 is 0 Å². The number of hydrogen-bond donors (Lipinski definition) is 0. The molecule has 2 heterocycles. The summed E-state index contributed by atoms with van der Waals surface area (Å²) in [4.78, 5) is 9.82. The van der Waals surface area contributed by atoms with Crippen LogP contribution in [0.1, 0.15) is 29.6 Å². The van der Waals surface area contributed by atoms with Gasteiger partial charge in [-0.05, 0) is 17.9 Å². The molecule has 0 amide bonds. The van der Waals surface area contributed by atoms with E-state index in [-0.39, 0.29) is 0 Å². The molecule has 0 unspecified atom stereocenters. The minimum Gasteiger partial charge on any atom is -0.220 e. The van der Waals surface area contributed by atoms with Crippen LogP contribution in [0.2, 0.25) is 10.3 Å². The minimum absolute atomic E-state index is 0.485. The van der Waals surface area contributed by atoms with Crippen molar-refractivity contribution in [1.82, 2.24) is 9.97 Å². The monoisotopic (exact) mass is 286 g/mol. The lowest BCUT2D eigenvalue weighted by Gasteiger charge is -2.06. The summed E-state index contributed by atoms with van der Waals surface area (Å²) in [7, 11) is 0. The third kappa shape index (κ3) is 3.18. The molecule has 2 aromatic rings. The molecule has 0 bridgehead atoms. The highest BCUT2D eigenvalue weighted by molar-refractivity contribution is 7.09. The topological polar surface area (TPSA) is 25.8 Å². The Hall–Kier alpha value is -0.640. The van der Waals surface area contributed by atoms with Crippen molar-refractivity contribution in [2.45, 2.75) is 26.2 Å². The number of nitrogens with zero attached hydrogens (tertiary/aromatic N) is 2. The third-order valence-electron chi connectivity index (χ3n) is 2.36. The first kappa shape index (κ1) is 12.8. The van der Waals surface area contributed by atoms with Gasteiger partial charge in [0.05, 0.1) is 0 Å². The van der Waals surface area contributed by atoms with Crippen LogP contribution in [-0.4, -0.2) is 9.97 Å². The lowest BCUT2D eigenvalue weighted by Crippen LogP contribution is -2.01. The molecule has 0 fully saturated rings. The van der Waals surface area contributed by atoms with Gasteiger partial charge in [0.2, 0.25) is 0 Å². The Bertz CT molecular complexity index is 474. The van der Waals surface area contributed by atoms with Gasteiger partial charge in [0.25, 0.3) is 0 Å². The van der Waals surface area contributed by atoms with Crippen LogP contribution in [0.15, 0.2) is 17.5 Å². The summed E-state index contributed by atoms with van der Waals surface area (Å²) in [6, 6.07) is 4.06. The molecule has 5 heteroatoms. The highest BCUT2D eigenvalue weighted by Gasteiger charge is 2.11. The molecule has 2 rings (SSSR count). The molecule has 2 aromatic heterocycles. The molecule has 0 aliphatic rings. The van der Waals surface area contributed by atoms with E-state index in [1.807, 2.05) is 11.4 Å². The normalized spacial score (nSPS) is 10.8. The summed E-state index contributed by atoms with van der Waals surface area (Å²) in [6.07, 6.45) is 2.48. The van der Waals surface area contributed by atoms with Crippen molar-refractivity contribution < 1.29 is 0 Å². The fourth-order valence-electron chi connectivity index (χ4n) is 1.58. The van der Waals surface area contributed by atoms with Crippen molar-refractivity contribution in [2.24, 2.45) is 0 Å². The Morgan fingerprint density at radius 1 is 1.24 bits per heavy atom. The van der Waals surface area contributed by atoms with Gasteiger partial charge in [-0.3, -0.25) is 0 Å². The number of hydrogen-bond acceptors (Lipinski definition) is 3. The van der Waals surface area contributed by atoms with Crippen molar-refractivity contribution in [1.29, 1.82) is 0 Å². The summed E-state index contributed by atoms with van der Waals surface area (Å²) >= 11 is 13.9. The summed E-state index contributed by atoms with van der Waals surface area (Å²) in [5.74, 6) is 0.683. The van der Waals surface area contributed by atoms with Crippen LogP contribution in [0, 0.1) is 0 Å². The second kappa shape index (κ2) is 5.80. The maximum absolute atomic E-state index is 6.12. The molecular formula is C12H12Cl2N2S. The molecule has 0 saturated heterocycles. The van der Waals surface area contributed by atoms with Gasteiger partial charge in [-0.1, -0.05) is 42.6 Å². The first-order chi connectivity index (χ1) is 8.20. The smallest absolute Gasteiger partial charge is 0.137 e. The SMILES string of the molecule is CCCc1c(Cl)nc(Cc2cccs2)nc1Cl. The summed E-state index contributed by atoms with van der Waals surface area (Å²) in [5, 5.41) is 3.00. The summed E-state index contributed by atoms with van der Waals surface area (Å²) in [6.45, 7) is 2.08. The van der Waals surface area contributed by atoms with E-state index in [0.29, 0.717) is 22.6 Å². The Morgan fingerprint density at radius 2 is 1.94 bits per heavy atom. The standard InChI is InChI=1S/C12H12Cl2N2S/c1-2-4-9-11(13)15-10(16-12(9)14)7-8-5-3-6-17-8/h3,5-6H,2,4,7H2,1H3. The molecule has 0 saturated carbocycles. The highest BCUT2D eigenvalue weighted by atomic mass is 35.5. The van der Waals surface area contributed by atoms with Crippen LogP contribution < -0.4 is 0 Å². The lowest BCUT2D eigenvalue weighted by molar-refractivity contribution is 0.879. The molecule has 0 atom stereocenters. The Morgan fingerprint density at radius 3 is 2.47 bits per heavy atom. The van der Waals surface area contributed by atoms with Gasteiger partial charge in [0.15, 0.2) is 0 Å². The van der Waals surface area contributed by atoms with Crippen molar-refractivity contribution in [3.8, 4) is 0 Å². The predicted molar refractivity (Wildman–Crippen MR) is 73.2 cm³/mol. The molecule has 0 N–H and O–H groups in total. The van der Waals surface area contributed by atoms with Gasteiger partial charge in [-0.15, -0.1) is 11.3 Å². The van der Waals surface area contributed by atoms with E-state index in [0.717, 1.165) is 18.4 Å². The fraction of sp³-hybridized carbons (Fsp3) is 0.333. The molecule has 2 nitrogen and oxygen atoms in total. The van der Waals surface area contributed by atoms with Gasteiger partial charge in [-0.25, -0.2) is 9.97 Å². The zero-order chi connectivity index (χ0) is 12.3. The van der Waals surface area contributed by atoms with Crippen LogP contribution in [0.5, 0.6) is 0 Å². The second-order valence-electron chi connectivity index (χ2n) is 3.71. The van der Waals surface area contributed by atoms with Crippen LogP contribution in [0.25, 0.3) is 0 Å². The van der Waals surface area contributed by atoms with E-state index in [2.05, 4.69) is 23.0 Å². The van der Waals surface area contributed by atoms with Crippen molar-refractivity contribution in [3.63, 3.8) is 0 Å². The maximum atomic E-state index is 6.12. The lowest BCUT2D eigenvalue weighted by atomic mass is 10.2. The Labute approximate surface area is 115 Å². The molecule has 0 spiro atoms. The quantitative estimate of drug-likeness (QED) is 0.779. The van der Waals surface area contributed by atoms with Crippen LogP contribution in [0.4, 0.5) is 0 Å². The Kier molecular flexibility index (Phi) is 4.37. The van der Waals surface area contributed by atoms with Gasteiger partial charge in [0, 0.05) is 16.9 Å². The Balaban J connectivity index is 2.25. The minimum atomic E-state index is 0.485. The molecule has 90 valence electrons. The number of thiophene rings is 1. The zero-order valence-electron chi connectivity index (χ0n) is 9.41. The zero-order valence-corrected chi connectivity index (χ0v) is 11.7. The fourth-order valence-corrected chi connectivity index (χ4v) is 2.89. The highest BCUT2D eigenvalue weighted by Crippen LogP contribution is 2.24. The number of rotatable bonds is 4. The molecule has 0 aliphatic heterocycles. The van der Waals surface area contributed by atoms with E-state index in [1.165, 1.54) is 4.88 Å². The van der Waals surface area contributed by atoms with Crippen molar-refractivity contribution >= 4 is 34.5 Å². The third-order valence-corrected chi connectivity index (χ3v) is 3.87. The summed E-state index contributed by atoms with van der Waals surface area (Å²) < 4.78 is 0. The van der Waals surface area contributed by atoms with E-state index >= 15 is 0 Å². The average Bonchev–Trinajstić information content (AvgIpc) is 2.76. The average molecular weight is 287 g/mol. The molecule has 17 heavy (non-hydrogen) atoms. The van der Waals surface area contributed by atoms with Gasteiger partial charge in [0.1, 0.15) is 16.1 Å².